The summed E-state index contributed by atoms with van der Waals surface area (Å²) < 4.78 is 19.1. The smallest absolute Gasteiger partial charge is 0.227 e. The van der Waals surface area contributed by atoms with Crippen LogP contribution in [0.2, 0.25) is 0 Å². The van der Waals surface area contributed by atoms with E-state index in [0.717, 1.165) is 29.2 Å². The first-order chi connectivity index (χ1) is 17.1. The number of benzene rings is 2. The summed E-state index contributed by atoms with van der Waals surface area (Å²) >= 11 is 0. The molecule has 4 rings (SSSR count). The summed E-state index contributed by atoms with van der Waals surface area (Å²) in [5.74, 6) is 2.83. The number of nitrogens with zero attached hydrogens (tertiary/aromatic N) is 3. The molecule has 0 bridgehead atoms. The largest absolute Gasteiger partial charge is 0.497 e. The summed E-state index contributed by atoms with van der Waals surface area (Å²) in [6.07, 6.45) is 3.58. The molecular weight excluding hydrogens is 442 g/mol. The van der Waals surface area contributed by atoms with E-state index >= 15 is 0 Å². The van der Waals surface area contributed by atoms with Gasteiger partial charge < -0.3 is 19.3 Å². The Morgan fingerprint density at radius 3 is 2.51 bits per heavy atom. The Morgan fingerprint density at radius 1 is 1.14 bits per heavy atom. The van der Waals surface area contributed by atoms with E-state index in [1.807, 2.05) is 66.2 Å². The van der Waals surface area contributed by atoms with Crippen LogP contribution in [0.25, 0.3) is 5.69 Å². The molecule has 0 aliphatic heterocycles. The van der Waals surface area contributed by atoms with Gasteiger partial charge in [0.05, 0.1) is 43.4 Å². The van der Waals surface area contributed by atoms with E-state index in [9.17, 15) is 5.11 Å². The first-order valence-electron chi connectivity index (χ1n) is 12.1. The molecule has 1 N–H and O–H groups in total. The van der Waals surface area contributed by atoms with Gasteiger partial charge in [0.1, 0.15) is 11.5 Å². The normalized spacial score (nSPS) is 14.2. The van der Waals surface area contributed by atoms with Crippen molar-refractivity contribution < 1.29 is 19.3 Å². The molecule has 1 aliphatic carbocycles. The minimum absolute atomic E-state index is 0.282. The average molecular weight is 478 g/mol. The first kappa shape index (κ1) is 25.0. The van der Waals surface area contributed by atoms with Crippen LogP contribution in [0.1, 0.15) is 24.1 Å². The molecule has 1 heterocycles. The molecule has 1 aliphatic rings. The van der Waals surface area contributed by atoms with Gasteiger partial charge in [-0.1, -0.05) is 24.3 Å². The number of para-hydroxylation sites is 1. The van der Waals surface area contributed by atoms with Gasteiger partial charge in [0.25, 0.3) is 0 Å². The highest BCUT2D eigenvalue weighted by Crippen LogP contribution is 2.34. The number of aryl methyl sites for hydroxylation is 1. The highest BCUT2D eigenvalue weighted by atomic mass is 16.5. The fourth-order valence-electron chi connectivity index (χ4n) is 4.06. The van der Waals surface area contributed by atoms with Crippen LogP contribution in [0, 0.1) is 12.8 Å². The van der Waals surface area contributed by atoms with E-state index in [4.69, 9.17) is 19.3 Å². The van der Waals surface area contributed by atoms with Crippen LogP contribution in [0.5, 0.6) is 17.4 Å². The number of rotatable bonds is 14. The number of aliphatic hydroxyl groups is 1. The molecule has 2 aromatic carbocycles. The Kier molecular flexibility index (Phi) is 8.58. The van der Waals surface area contributed by atoms with Crippen molar-refractivity contribution in [1.82, 2.24) is 14.7 Å². The van der Waals surface area contributed by atoms with Crippen molar-refractivity contribution in [2.75, 3.05) is 33.4 Å². The van der Waals surface area contributed by atoms with Gasteiger partial charge in [-0.25, -0.2) is 4.68 Å². The Labute approximate surface area is 207 Å². The highest BCUT2D eigenvalue weighted by Gasteiger charge is 2.28. The third-order valence-electron chi connectivity index (χ3n) is 6.02. The molecule has 0 spiro atoms. The van der Waals surface area contributed by atoms with Gasteiger partial charge in [0.15, 0.2) is 0 Å². The van der Waals surface area contributed by atoms with Gasteiger partial charge in [-0.2, -0.15) is 5.10 Å². The molecule has 0 unspecified atom stereocenters. The van der Waals surface area contributed by atoms with Gasteiger partial charge in [-0.15, -0.1) is 6.58 Å². The highest BCUT2D eigenvalue weighted by molar-refractivity contribution is 5.44. The number of methoxy groups -OCH3 is 1. The quantitative estimate of drug-likeness (QED) is 0.267. The summed E-state index contributed by atoms with van der Waals surface area (Å²) in [5, 5.41) is 15.4. The van der Waals surface area contributed by atoms with Crippen LogP contribution in [0.4, 0.5) is 0 Å². The van der Waals surface area contributed by atoms with Crippen LogP contribution in [0.15, 0.2) is 67.3 Å². The molecule has 3 aromatic rings. The van der Waals surface area contributed by atoms with Gasteiger partial charge in [-0.3, -0.25) is 4.90 Å². The van der Waals surface area contributed by atoms with E-state index in [-0.39, 0.29) is 6.61 Å². The Bertz CT molecular complexity index is 1080. The first-order valence-corrected chi connectivity index (χ1v) is 12.1. The zero-order valence-corrected chi connectivity index (χ0v) is 20.6. The van der Waals surface area contributed by atoms with Gasteiger partial charge in [0.2, 0.25) is 5.88 Å². The van der Waals surface area contributed by atoms with E-state index in [1.165, 1.54) is 12.8 Å². The monoisotopic (exact) mass is 477 g/mol. The second-order valence-corrected chi connectivity index (χ2v) is 9.01. The Balaban J connectivity index is 1.62. The molecule has 0 amide bonds. The van der Waals surface area contributed by atoms with E-state index in [0.29, 0.717) is 37.2 Å². The molecule has 1 saturated carbocycles. The molecule has 186 valence electrons. The van der Waals surface area contributed by atoms with Crippen LogP contribution in [-0.4, -0.2) is 59.3 Å². The molecular formula is C28H35N3O4. The molecule has 1 fully saturated rings. The van der Waals surface area contributed by atoms with Gasteiger partial charge >= 0.3 is 0 Å². The van der Waals surface area contributed by atoms with Gasteiger partial charge in [-0.05, 0) is 62.1 Å². The lowest BCUT2D eigenvalue weighted by atomic mass is 10.2. The molecule has 35 heavy (non-hydrogen) atoms. The minimum Gasteiger partial charge on any atom is -0.497 e. The zero-order chi connectivity index (χ0) is 24.6. The maximum atomic E-state index is 10.6. The van der Waals surface area contributed by atoms with E-state index in [2.05, 4.69) is 11.5 Å². The lowest BCUT2D eigenvalue weighted by Crippen LogP contribution is -2.36. The molecule has 1 atom stereocenters. The van der Waals surface area contributed by atoms with Crippen LogP contribution in [-0.2, 0) is 11.3 Å². The minimum atomic E-state index is -0.580. The molecule has 0 saturated heterocycles. The third-order valence-corrected chi connectivity index (χ3v) is 6.02. The fourth-order valence-corrected chi connectivity index (χ4v) is 4.06. The fraction of sp³-hybridized carbons (Fsp3) is 0.393. The van der Waals surface area contributed by atoms with E-state index in [1.54, 1.807) is 13.2 Å². The SMILES string of the molecule is C=CCOC[C@H](O)CN(Cc1c(C)nn(-c2ccccc2)c1Oc1ccc(OC)cc1)CC1CC1. The molecule has 7 heteroatoms. The third kappa shape index (κ3) is 6.94. The van der Waals surface area contributed by atoms with Gasteiger partial charge in [0, 0.05) is 19.6 Å². The maximum Gasteiger partial charge on any atom is 0.227 e. The summed E-state index contributed by atoms with van der Waals surface area (Å²) in [6.45, 7) is 8.46. The zero-order valence-electron chi connectivity index (χ0n) is 20.6. The van der Waals surface area contributed by atoms with Crippen molar-refractivity contribution in [3.8, 4) is 23.1 Å². The summed E-state index contributed by atoms with van der Waals surface area (Å²) in [6, 6.07) is 17.5. The molecule has 7 nitrogen and oxygen atoms in total. The van der Waals surface area contributed by atoms with Crippen molar-refractivity contribution in [1.29, 1.82) is 0 Å². The standard InChI is InChI=1S/C28H35N3O4/c1-4-16-34-20-24(32)18-30(17-22-10-11-22)19-27-21(2)29-31(23-8-6-5-7-9-23)28(27)35-26-14-12-25(33-3)13-15-26/h4-9,12-15,22,24,32H,1,10-11,16-20H2,2-3H3/t24-/m1/s1. The van der Waals surface area contributed by atoms with Crippen molar-refractivity contribution in [2.24, 2.45) is 5.92 Å². The average Bonchev–Trinajstić information content (AvgIpc) is 3.64. The lowest BCUT2D eigenvalue weighted by Gasteiger charge is -2.25. The van der Waals surface area contributed by atoms with Crippen molar-refractivity contribution in [2.45, 2.75) is 32.4 Å². The van der Waals surface area contributed by atoms with E-state index < -0.39 is 6.10 Å². The van der Waals surface area contributed by atoms with Crippen LogP contribution in [0.3, 0.4) is 0 Å². The Morgan fingerprint density at radius 2 is 1.86 bits per heavy atom. The molecule has 0 radical (unpaired) electrons. The second-order valence-electron chi connectivity index (χ2n) is 9.01. The second kappa shape index (κ2) is 12.0. The van der Waals surface area contributed by atoms with Crippen LogP contribution < -0.4 is 9.47 Å². The number of aliphatic hydroxyl groups excluding tert-OH is 1. The van der Waals surface area contributed by atoms with Crippen molar-refractivity contribution in [3.63, 3.8) is 0 Å². The number of hydrogen-bond acceptors (Lipinski definition) is 6. The summed E-state index contributed by atoms with van der Waals surface area (Å²) in [5.41, 5.74) is 2.83. The maximum absolute atomic E-state index is 10.6. The number of aromatic nitrogens is 2. The topological polar surface area (TPSA) is 69.0 Å². The lowest BCUT2D eigenvalue weighted by molar-refractivity contribution is 0.0235. The summed E-state index contributed by atoms with van der Waals surface area (Å²) in [4.78, 5) is 2.29. The Hall–Kier alpha value is -3.13. The van der Waals surface area contributed by atoms with Crippen molar-refractivity contribution >= 4 is 0 Å². The number of hydrogen-bond donors (Lipinski definition) is 1. The van der Waals surface area contributed by atoms with Crippen molar-refractivity contribution in [3.05, 3.63) is 78.5 Å². The predicted molar refractivity (Wildman–Crippen MR) is 136 cm³/mol. The number of ether oxygens (including phenoxy) is 3. The molecule has 1 aromatic heterocycles. The summed E-state index contributed by atoms with van der Waals surface area (Å²) in [7, 11) is 1.65. The predicted octanol–water partition coefficient (Wildman–Crippen LogP) is 4.76. The van der Waals surface area contributed by atoms with Crippen LogP contribution >= 0.6 is 0 Å².